The summed E-state index contributed by atoms with van der Waals surface area (Å²) >= 11 is 0. The molecule has 2 aromatic rings. The summed E-state index contributed by atoms with van der Waals surface area (Å²) in [5.41, 5.74) is 2.24. The standard InChI is InChI=1S/C23H26N2O4S/c1-17(2)18-7-9-22(10-8-18)30(27,28)25-13-11-19(12-14-25)23(26)29-16-21-6-4-3-5-20(21)15-24/h3-10,17,19H,11-14,16H2,1-2H3. The zero-order valence-electron chi connectivity index (χ0n) is 17.2. The van der Waals surface area contributed by atoms with E-state index in [9.17, 15) is 13.2 Å². The summed E-state index contributed by atoms with van der Waals surface area (Å²) in [6, 6.07) is 16.1. The van der Waals surface area contributed by atoms with Crippen molar-refractivity contribution in [2.45, 2.75) is 44.1 Å². The molecule has 0 saturated carbocycles. The number of rotatable bonds is 6. The Kier molecular flexibility index (Phi) is 6.91. The third kappa shape index (κ3) is 4.89. The van der Waals surface area contributed by atoms with Crippen LogP contribution in [-0.2, 0) is 26.2 Å². The summed E-state index contributed by atoms with van der Waals surface area (Å²) in [6.07, 6.45) is 0.837. The maximum absolute atomic E-state index is 12.9. The predicted molar refractivity (Wildman–Crippen MR) is 113 cm³/mol. The molecule has 6 nitrogen and oxygen atoms in total. The van der Waals surface area contributed by atoms with Crippen molar-refractivity contribution < 1.29 is 17.9 Å². The van der Waals surface area contributed by atoms with Gasteiger partial charge in [-0.15, -0.1) is 0 Å². The van der Waals surface area contributed by atoms with Crippen molar-refractivity contribution in [2.24, 2.45) is 5.92 Å². The largest absolute Gasteiger partial charge is 0.461 e. The molecule has 0 bridgehead atoms. The van der Waals surface area contributed by atoms with E-state index in [0.717, 1.165) is 5.56 Å². The number of nitrogens with zero attached hydrogens (tertiary/aromatic N) is 2. The van der Waals surface area contributed by atoms with Crippen LogP contribution in [-0.4, -0.2) is 31.8 Å². The summed E-state index contributed by atoms with van der Waals surface area (Å²) in [5, 5.41) is 9.12. The van der Waals surface area contributed by atoms with Gasteiger partial charge in [0.1, 0.15) is 6.61 Å². The number of carbonyl (C=O) groups excluding carboxylic acids is 1. The molecule has 1 fully saturated rings. The lowest BCUT2D eigenvalue weighted by Crippen LogP contribution is -2.40. The van der Waals surface area contributed by atoms with E-state index in [1.165, 1.54) is 4.31 Å². The molecule has 0 aromatic heterocycles. The molecular formula is C23H26N2O4S. The lowest BCUT2D eigenvalue weighted by atomic mass is 9.98. The van der Waals surface area contributed by atoms with Crippen molar-refractivity contribution in [3.05, 3.63) is 65.2 Å². The van der Waals surface area contributed by atoms with Crippen LogP contribution >= 0.6 is 0 Å². The lowest BCUT2D eigenvalue weighted by molar-refractivity contribution is -0.151. The van der Waals surface area contributed by atoms with Crippen LogP contribution in [0.1, 0.15) is 49.3 Å². The minimum absolute atomic E-state index is 0.0449. The van der Waals surface area contributed by atoms with Crippen LogP contribution in [0.2, 0.25) is 0 Å². The number of hydrogen-bond donors (Lipinski definition) is 0. The van der Waals surface area contributed by atoms with Gasteiger partial charge in [0.25, 0.3) is 0 Å². The second kappa shape index (κ2) is 9.41. The number of sulfonamides is 1. The van der Waals surface area contributed by atoms with Gasteiger partial charge >= 0.3 is 5.97 Å². The lowest BCUT2D eigenvalue weighted by Gasteiger charge is -2.30. The number of nitriles is 1. The number of ether oxygens (including phenoxy) is 1. The Bertz CT molecular complexity index is 1030. The van der Waals surface area contributed by atoms with Gasteiger partial charge in [0.15, 0.2) is 0 Å². The highest BCUT2D eigenvalue weighted by molar-refractivity contribution is 7.89. The molecule has 0 aliphatic carbocycles. The molecule has 3 rings (SSSR count). The van der Waals surface area contributed by atoms with Crippen LogP contribution in [0.15, 0.2) is 53.4 Å². The van der Waals surface area contributed by atoms with Crippen molar-refractivity contribution in [3.8, 4) is 6.07 Å². The summed E-state index contributed by atoms with van der Waals surface area (Å²) < 4.78 is 32.6. The first kappa shape index (κ1) is 22.0. The van der Waals surface area contributed by atoms with Gasteiger partial charge in [-0.3, -0.25) is 4.79 Å². The van der Waals surface area contributed by atoms with E-state index in [0.29, 0.717) is 29.9 Å². The zero-order valence-corrected chi connectivity index (χ0v) is 18.1. The molecule has 0 spiro atoms. The van der Waals surface area contributed by atoms with Gasteiger partial charge in [-0.25, -0.2) is 8.42 Å². The highest BCUT2D eigenvalue weighted by Crippen LogP contribution is 2.26. The molecule has 158 valence electrons. The quantitative estimate of drug-likeness (QED) is 0.655. The van der Waals surface area contributed by atoms with Crippen LogP contribution < -0.4 is 0 Å². The highest BCUT2D eigenvalue weighted by Gasteiger charge is 2.32. The predicted octanol–water partition coefficient (Wildman–Crippen LogP) is 3.83. The first-order valence-corrected chi connectivity index (χ1v) is 11.5. The fraction of sp³-hybridized carbons (Fsp3) is 0.391. The molecule has 0 unspecified atom stereocenters. The maximum Gasteiger partial charge on any atom is 0.309 e. The van der Waals surface area contributed by atoms with Gasteiger partial charge in [-0.1, -0.05) is 44.2 Å². The maximum atomic E-state index is 12.9. The van der Waals surface area contributed by atoms with Crippen molar-refractivity contribution in [2.75, 3.05) is 13.1 Å². The van der Waals surface area contributed by atoms with Gasteiger partial charge in [-0.2, -0.15) is 9.57 Å². The molecule has 1 aliphatic rings. The Morgan fingerprint density at radius 1 is 1.13 bits per heavy atom. The SMILES string of the molecule is CC(C)c1ccc(S(=O)(=O)N2CCC(C(=O)OCc3ccccc3C#N)CC2)cc1. The molecule has 30 heavy (non-hydrogen) atoms. The zero-order chi connectivity index (χ0) is 21.7. The van der Waals surface area contributed by atoms with E-state index in [-0.39, 0.29) is 36.5 Å². The molecule has 0 radical (unpaired) electrons. The van der Waals surface area contributed by atoms with Crippen LogP contribution in [0.4, 0.5) is 0 Å². The molecule has 0 amide bonds. The molecule has 1 heterocycles. The van der Waals surface area contributed by atoms with E-state index in [1.54, 1.807) is 36.4 Å². The Balaban J connectivity index is 1.57. The summed E-state index contributed by atoms with van der Waals surface area (Å²) in [7, 11) is -3.57. The molecule has 1 saturated heterocycles. The van der Waals surface area contributed by atoms with Crippen LogP contribution in [0.25, 0.3) is 0 Å². The minimum atomic E-state index is -3.57. The number of hydrogen-bond acceptors (Lipinski definition) is 5. The summed E-state index contributed by atoms with van der Waals surface area (Å²) in [6.45, 7) is 4.73. The first-order valence-electron chi connectivity index (χ1n) is 10.1. The van der Waals surface area contributed by atoms with Crippen LogP contribution in [0.3, 0.4) is 0 Å². The van der Waals surface area contributed by atoms with Crippen LogP contribution in [0.5, 0.6) is 0 Å². The van der Waals surface area contributed by atoms with Gasteiger partial charge < -0.3 is 4.74 Å². The number of esters is 1. The van der Waals surface area contributed by atoms with E-state index < -0.39 is 10.0 Å². The Morgan fingerprint density at radius 3 is 2.37 bits per heavy atom. The summed E-state index contributed by atoms with van der Waals surface area (Å²) in [4.78, 5) is 12.7. The Hall–Kier alpha value is -2.69. The third-order valence-electron chi connectivity index (χ3n) is 5.48. The fourth-order valence-electron chi connectivity index (χ4n) is 3.53. The van der Waals surface area contributed by atoms with E-state index >= 15 is 0 Å². The number of carbonyl (C=O) groups is 1. The van der Waals surface area contributed by atoms with E-state index in [2.05, 4.69) is 19.9 Å². The summed E-state index contributed by atoms with van der Waals surface area (Å²) in [5.74, 6) is -0.348. The topological polar surface area (TPSA) is 87.5 Å². The van der Waals surface area contributed by atoms with E-state index in [1.807, 2.05) is 12.1 Å². The fourth-order valence-corrected chi connectivity index (χ4v) is 5.00. The third-order valence-corrected chi connectivity index (χ3v) is 7.39. The van der Waals surface area contributed by atoms with Crippen LogP contribution in [0, 0.1) is 17.2 Å². The van der Waals surface area contributed by atoms with Gasteiger partial charge in [0.2, 0.25) is 10.0 Å². The average molecular weight is 427 g/mol. The molecule has 7 heteroatoms. The van der Waals surface area contributed by atoms with Gasteiger partial charge in [0.05, 0.1) is 22.4 Å². The van der Waals surface area contributed by atoms with Gasteiger partial charge in [0, 0.05) is 18.7 Å². The molecule has 2 aromatic carbocycles. The molecular weight excluding hydrogens is 400 g/mol. The van der Waals surface area contributed by atoms with Crippen molar-refractivity contribution in [1.82, 2.24) is 4.31 Å². The molecule has 0 atom stereocenters. The van der Waals surface area contributed by atoms with E-state index in [4.69, 9.17) is 10.00 Å². The second-order valence-electron chi connectivity index (χ2n) is 7.78. The van der Waals surface area contributed by atoms with Crippen molar-refractivity contribution in [1.29, 1.82) is 5.26 Å². The highest BCUT2D eigenvalue weighted by atomic mass is 32.2. The number of piperidine rings is 1. The van der Waals surface area contributed by atoms with Crippen molar-refractivity contribution >= 4 is 16.0 Å². The Morgan fingerprint density at radius 2 is 1.77 bits per heavy atom. The van der Waals surface area contributed by atoms with Gasteiger partial charge in [-0.05, 0) is 42.5 Å². The molecule has 0 N–H and O–H groups in total. The molecule has 1 aliphatic heterocycles. The number of benzene rings is 2. The Labute approximate surface area is 178 Å². The second-order valence-corrected chi connectivity index (χ2v) is 9.72. The smallest absolute Gasteiger partial charge is 0.309 e. The first-order chi connectivity index (χ1) is 14.3. The normalized spacial score (nSPS) is 15.7. The average Bonchev–Trinajstić information content (AvgIpc) is 2.77. The monoisotopic (exact) mass is 426 g/mol. The van der Waals surface area contributed by atoms with Crippen molar-refractivity contribution in [3.63, 3.8) is 0 Å². The minimum Gasteiger partial charge on any atom is -0.461 e.